The lowest BCUT2D eigenvalue weighted by Crippen LogP contribution is -2.34. The lowest BCUT2D eigenvalue weighted by molar-refractivity contribution is 0.446. The number of nitrogens with zero attached hydrogens (tertiary/aromatic N) is 2. The molecule has 1 saturated heterocycles. The first kappa shape index (κ1) is 9.93. The maximum atomic E-state index is 5.57. The van der Waals surface area contributed by atoms with Gasteiger partial charge in [-0.25, -0.2) is 4.98 Å². The summed E-state index contributed by atoms with van der Waals surface area (Å²) in [6, 6.07) is 0. The van der Waals surface area contributed by atoms with Crippen molar-refractivity contribution in [3.05, 3.63) is 11.1 Å². The Balaban J connectivity index is 2.06. The fourth-order valence-electron chi connectivity index (χ4n) is 1.90. The highest BCUT2D eigenvalue weighted by atomic mass is 32.1. The van der Waals surface area contributed by atoms with Crippen molar-refractivity contribution in [3.63, 3.8) is 0 Å². The maximum Gasteiger partial charge on any atom is 0.185 e. The minimum Gasteiger partial charge on any atom is -0.348 e. The van der Waals surface area contributed by atoms with Gasteiger partial charge in [0, 0.05) is 30.7 Å². The van der Waals surface area contributed by atoms with Crippen LogP contribution in [0.15, 0.2) is 6.20 Å². The fourth-order valence-corrected chi connectivity index (χ4v) is 2.72. The number of hydrogen-bond donors (Lipinski definition) is 1. The topological polar surface area (TPSA) is 42.2 Å². The number of nitrogens with two attached hydrogens (primary N) is 1. The van der Waals surface area contributed by atoms with Gasteiger partial charge in [-0.2, -0.15) is 0 Å². The Morgan fingerprint density at radius 3 is 3.21 bits per heavy atom. The fraction of sp³-hybridized carbons (Fsp3) is 0.700. The second-order valence-corrected chi connectivity index (χ2v) is 5.10. The van der Waals surface area contributed by atoms with E-state index < -0.39 is 0 Å². The van der Waals surface area contributed by atoms with E-state index in [9.17, 15) is 0 Å². The van der Waals surface area contributed by atoms with Gasteiger partial charge in [0.05, 0.1) is 0 Å². The molecule has 1 unspecified atom stereocenters. The molecule has 4 heteroatoms. The molecule has 2 heterocycles. The van der Waals surface area contributed by atoms with E-state index in [4.69, 9.17) is 5.73 Å². The molecule has 1 atom stereocenters. The minimum atomic E-state index is 0.612. The highest BCUT2D eigenvalue weighted by Gasteiger charge is 2.18. The molecule has 2 N–H and O–H groups in total. The maximum absolute atomic E-state index is 5.57. The van der Waals surface area contributed by atoms with Gasteiger partial charge >= 0.3 is 0 Å². The Morgan fingerprint density at radius 1 is 1.71 bits per heavy atom. The molecule has 0 aromatic carbocycles. The normalized spacial score (nSPS) is 22.7. The van der Waals surface area contributed by atoms with E-state index in [2.05, 4.69) is 16.8 Å². The molecule has 1 fully saturated rings. The largest absolute Gasteiger partial charge is 0.348 e. The average Bonchev–Trinajstić information content (AvgIpc) is 2.66. The molecule has 1 aliphatic heterocycles. The molecule has 0 radical (unpaired) electrons. The van der Waals surface area contributed by atoms with Gasteiger partial charge in [0.2, 0.25) is 0 Å². The predicted molar refractivity (Wildman–Crippen MR) is 60.6 cm³/mol. The Kier molecular flexibility index (Phi) is 3.03. The van der Waals surface area contributed by atoms with E-state index in [1.165, 1.54) is 17.7 Å². The van der Waals surface area contributed by atoms with Crippen LogP contribution in [-0.2, 0) is 6.54 Å². The van der Waals surface area contributed by atoms with Crippen molar-refractivity contribution < 1.29 is 0 Å². The van der Waals surface area contributed by atoms with Crippen molar-refractivity contribution >= 4 is 16.5 Å². The van der Waals surface area contributed by atoms with E-state index >= 15 is 0 Å². The highest BCUT2D eigenvalue weighted by molar-refractivity contribution is 7.15. The zero-order valence-electron chi connectivity index (χ0n) is 8.57. The summed E-state index contributed by atoms with van der Waals surface area (Å²) in [5.74, 6) is 0.800. The monoisotopic (exact) mass is 211 g/mol. The molecule has 3 nitrogen and oxygen atoms in total. The second-order valence-electron chi connectivity index (χ2n) is 4.01. The van der Waals surface area contributed by atoms with Gasteiger partial charge in [-0.1, -0.05) is 6.92 Å². The minimum absolute atomic E-state index is 0.612. The zero-order valence-corrected chi connectivity index (χ0v) is 9.39. The van der Waals surface area contributed by atoms with Crippen molar-refractivity contribution in [2.45, 2.75) is 26.3 Å². The number of anilines is 1. The third-order valence-electron chi connectivity index (χ3n) is 2.67. The molecule has 2 rings (SSSR count). The van der Waals surface area contributed by atoms with Crippen molar-refractivity contribution in [1.29, 1.82) is 0 Å². The molecule has 1 aromatic heterocycles. The third-order valence-corrected chi connectivity index (χ3v) is 3.75. The van der Waals surface area contributed by atoms with Gasteiger partial charge in [-0.15, -0.1) is 11.3 Å². The summed E-state index contributed by atoms with van der Waals surface area (Å²) >= 11 is 1.73. The number of rotatable bonds is 2. The van der Waals surface area contributed by atoms with Crippen LogP contribution in [0.2, 0.25) is 0 Å². The van der Waals surface area contributed by atoms with E-state index in [1.807, 2.05) is 6.20 Å². The quantitative estimate of drug-likeness (QED) is 0.811. The first-order valence-corrected chi connectivity index (χ1v) is 6.01. The summed E-state index contributed by atoms with van der Waals surface area (Å²) in [7, 11) is 0. The van der Waals surface area contributed by atoms with Gasteiger partial charge < -0.3 is 10.6 Å². The molecular formula is C10H17N3S. The van der Waals surface area contributed by atoms with Crippen LogP contribution in [0.1, 0.15) is 24.6 Å². The van der Waals surface area contributed by atoms with Crippen molar-refractivity contribution in [3.8, 4) is 0 Å². The first-order valence-electron chi connectivity index (χ1n) is 5.19. The van der Waals surface area contributed by atoms with E-state index in [0.717, 1.165) is 24.1 Å². The average molecular weight is 211 g/mol. The van der Waals surface area contributed by atoms with Crippen LogP contribution in [0.5, 0.6) is 0 Å². The first-order chi connectivity index (χ1) is 6.79. The van der Waals surface area contributed by atoms with Gasteiger partial charge in [0.25, 0.3) is 0 Å². The van der Waals surface area contributed by atoms with Gasteiger partial charge in [0.1, 0.15) is 0 Å². The smallest absolute Gasteiger partial charge is 0.185 e. The molecule has 1 aliphatic rings. The second kappa shape index (κ2) is 4.28. The zero-order chi connectivity index (χ0) is 9.97. The van der Waals surface area contributed by atoms with E-state index in [0.29, 0.717) is 6.54 Å². The summed E-state index contributed by atoms with van der Waals surface area (Å²) in [5.41, 5.74) is 5.57. The van der Waals surface area contributed by atoms with Crippen LogP contribution in [0.3, 0.4) is 0 Å². The van der Waals surface area contributed by atoms with Gasteiger partial charge in [-0.05, 0) is 18.8 Å². The Morgan fingerprint density at radius 2 is 2.57 bits per heavy atom. The van der Waals surface area contributed by atoms with E-state index in [-0.39, 0.29) is 0 Å². The Labute approximate surface area is 88.9 Å². The lowest BCUT2D eigenvalue weighted by Gasteiger charge is -2.30. The van der Waals surface area contributed by atoms with Crippen LogP contribution in [0.4, 0.5) is 5.13 Å². The summed E-state index contributed by atoms with van der Waals surface area (Å²) < 4.78 is 0. The van der Waals surface area contributed by atoms with Crippen LogP contribution < -0.4 is 10.6 Å². The molecule has 1 aromatic rings. The predicted octanol–water partition coefficient (Wildman–Crippen LogP) is 1.84. The molecule has 0 aliphatic carbocycles. The van der Waals surface area contributed by atoms with Gasteiger partial charge in [-0.3, -0.25) is 0 Å². The SMILES string of the molecule is CC1CCCN(c2ncc(CN)s2)C1. The van der Waals surface area contributed by atoms with Crippen molar-refractivity contribution in [1.82, 2.24) is 4.98 Å². The Bertz CT molecular complexity index is 297. The molecular weight excluding hydrogens is 194 g/mol. The summed E-state index contributed by atoms with van der Waals surface area (Å²) in [5, 5.41) is 1.15. The molecule has 78 valence electrons. The summed E-state index contributed by atoms with van der Waals surface area (Å²) in [6.45, 7) is 5.23. The number of piperidine rings is 1. The highest BCUT2D eigenvalue weighted by Crippen LogP contribution is 2.26. The number of hydrogen-bond acceptors (Lipinski definition) is 4. The summed E-state index contributed by atoms with van der Waals surface area (Å²) in [4.78, 5) is 7.98. The van der Waals surface area contributed by atoms with E-state index in [1.54, 1.807) is 11.3 Å². The molecule has 0 saturated carbocycles. The summed E-state index contributed by atoms with van der Waals surface area (Å²) in [6.07, 6.45) is 4.55. The molecule has 0 spiro atoms. The number of thiazole rings is 1. The molecule has 0 bridgehead atoms. The van der Waals surface area contributed by atoms with Gasteiger partial charge in [0.15, 0.2) is 5.13 Å². The van der Waals surface area contributed by atoms with Crippen LogP contribution in [0, 0.1) is 5.92 Å². The molecule has 14 heavy (non-hydrogen) atoms. The third kappa shape index (κ3) is 2.07. The standard InChI is InChI=1S/C10H17N3S/c1-8-3-2-4-13(7-8)10-12-6-9(5-11)14-10/h6,8H,2-5,7,11H2,1H3. The van der Waals surface area contributed by atoms with Crippen molar-refractivity contribution in [2.75, 3.05) is 18.0 Å². The van der Waals surface area contributed by atoms with Crippen LogP contribution in [0.25, 0.3) is 0 Å². The lowest BCUT2D eigenvalue weighted by atomic mass is 10.0. The molecule has 0 amide bonds. The van der Waals surface area contributed by atoms with Crippen LogP contribution >= 0.6 is 11.3 Å². The number of aromatic nitrogens is 1. The van der Waals surface area contributed by atoms with Crippen molar-refractivity contribution in [2.24, 2.45) is 11.7 Å². The Hall–Kier alpha value is -0.610. The van der Waals surface area contributed by atoms with Crippen LogP contribution in [-0.4, -0.2) is 18.1 Å².